The van der Waals surface area contributed by atoms with Gasteiger partial charge in [0.05, 0.1) is 13.1 Å². The van der Waals surface area contributed by atoms with E-state index < -0.39 is 42.2 Å². The fraction of sp³-hybridized carbons (Fsp3) is 0.385. The second kappa shape index (κ2) is 7.62. The monoisotopic (exact) mass is 348 g/mol. The molecule has 0 fully saturated rings. The predicted octanol–water partition coefficient (Wildman–Crippen LogP) is -0.778. The molecule has 1 N–H and O–H groups in total. The van der Waals surface area contributed by atoms with Crippen molar-refractivity contribution in [1.82, 2.24) is 19.0 Å². The number of aromatic nitrogens is 3. The van der Waals surface area contributed by atoms with Crippen molar-refractivity contribution in [3.05, 3.63) is 56.8 Å². The Bertz CT molecular complexity index is 768. The molecule has 1 rings (SSSR count). The van der Waals surface area contributed by atoms with E-state index in [0.717, 1.165) is 0 Å². The Labute approximate surface area is 133 Å². The van der Waals surface area contributed by atoms with E-state index in [1.807, 2.05) is 0 Å². The lowest BCUT2D eigenvalue weighted by Crippen LogP contribution is -2.55. The summed E-state index contributed by atoms with van der Waals surface area (Å²) in [7, 11) is 0. The van der Waals surface area contributed by atoms with Gasteiger partial charge in [0.2, 0.25) is 5.91 Å². The number of hydrogen-bond acceptors (Lipinski definition) is 4. The highest BCUT2D eigenvalue weighted by atomic mass is 19.4. The Morgan fingerprint density at radius 1 is 0.958 bits per heavy atom. The lowest BCUT2D eigenvalue weighted by Gasteiger charge is -2.12. The SMILES string of the molecule is C=CCn1c(=O)n(CC=C)c(=O)n(CC(=O)NCC(F)(F)F)c1=O. The molecule has 1 aromatic rings. The van der Waals surface area contributed by atoms with Crippen LogP contribution in [0.1, 0.15) is 0 Å². The Morgan fingerprint density at radius 2 is 1.38 bits per heavy atom. The minimum absolute atomic E-state index is 0.237. The molecule has 132 valence electrons. The number of nitrogens with zero attached hydrogens (tertiary/aromatic N) is 3. The molecule has 0 saturated heterocycles. The van der Waals surface area contributed by atoms with Crippen molar-refractivity contribution in [3.8, 4) is 0 Å². The number of carbonyl (C=O) groups excluding carboxylic acids is 1. The quantitative estimate of drug-likeness (QED) is 0.654. The fourth-order valence-corrected chi connectivity index (χ4v) is 1.79. The molecule has 0 aliphatic carbocycles. The molecule has 0 radical (unpaired) electrons. The second-order valence-electron chi connectivity index (χ2n) is 4.62. The van der Waals surface area contributed by atoms with Crippen LogP contribution in [0.15, 0.2) is 39.7 Å². The largest absolute Gasteiger partial charge is 0.405 e. The van der Waals surface area contributed by atoms with Crippen LogP contribution in [0.4, 0.5) is 13.2 Å². The van der Waals surface area contributed by atoms with Crippen molar-refractivity contribution in [2.45, 2.75) is 25.8 Å². The standard InChI is InChI=1S/C13H15F3N4O4/c1-3-5-18-10(22)19(6-4-2)12(24)20(11(18)23)7-9(21)17-8-13(14,15)16/h3-4H,1-2,5-8H2,(H,17,21). The van der Waals surface area contributed by atoms with Gasteiger partial charge in [-0.05, 0) is 0 Å². The molecule has 0 bridgehead atoms. The zero-order valence-electron chi connectivity index (χ0n) is 12.5. The Hall–Kier alpha value is -2.85. The van der Waals surface area contributed by atoms with Crippen molar-refractivity contribution in [1.29, 1.82) is 0 Å². The van der Waals surface area contributed by atoms with Crippen LogP contribution in [0.5, 0.6) is 0 Å². The number of amides is 1. The highest BCUT2D eigenvalue weighted by Gasteiger charge is 2.28. The normalized spacial score (nSPS) is 11.1. The van der Waals surface area contributed by atoms with Gasteiger partial charge in [-0.1, -0.05) is 12.2 Å². The molecular formula is C13H15F3N4O4. The average Bonchev–Trinajstić information content (AvgIpc) is 2.49. The maximum absolute atomic E-state index is 12.1. The van der Waals surface area contributed by atoms with Crippen LogP contribution in [0, 0.1) is 0 Å². The summed E-state index contributed by atoms with van der Waals surface area (Å²) in [6.45, 7) is 3.69. The zero-order chi connectivity index (χ0) is 18.5. The molecule has 1 aromatic heterocycles. The van der Waals surface area contributed by atoms with Crippen LogP contribution < -0.4 is 22.4 Å². The van der Waals surface area contributed by atoms with Gasteiger partial charge in [-0.3, -0.25) is 4.79 Å². The molecule has 0 atom stereocenters. The third-order valence-electron chi connectivity index (χ3n) is 2.80. The van der Waals surface area contributed by atoms with Gasteiger partial charge in [0.15, 0.2) is 0 Å². The van der Waals surface area contributed by atoms with E-state index >= 15 is 0 Å². The number of carbonyl (C=O) groups is 1. The third kappa shape index (κ3) is 4.57. The molecule has 1 heterocycles. The van der Waals surface area contributed by atoms with E-state index in [-0.39, 0.29) is 13.1 Å². The lowest BCUT2D eigenvalue weighted by atomic mass is 10.5. The summed E-state index contributed by atoms with van der Waals surface area (Å²) in [5.41, 5.74) is -3.17. The number of nitrogens with one attached hydrogen (secondary N) is 1. The Balaban J connectivity index is 3.32. The van der Waals surface area contributed by atoms with Crippen molar-refractivity contribution in [3.63, 3.8) is 0 Å². The number of hydrogen-bond donors (Lipinski definition) is 1. The number of rotatable bonds is 7. The molecule has 0 aliphatic heterocycles. The maximum Gasteiger partial charge on any atom is 0.405 e. The van der Waals surface area contributed by atoms with Crippen LogP contribution in [0.3, 0.4) is 0 Å². The smallest absolute Gasteiger partial charge is 0.345 e. The summed E-state index contributed by atoms with van der Waals surface area (Å²) < 4.78 is 37.9. The summed E-state index contributed by atoms with van der Waals surface area (Å²) in [6, 6.07) is 0. The van der Waals surface area contributed by atoms with Crippen molar-refractivity contribution in [2.24, 2.45) is 0 Å². The Morgan fingerprint density at radius 3 is 1.75 bits per heavy atom. The van der Waals surface area contributed by atoms with Gasteiger partial charge in [-0.15, -0.1) is 13.2 Å². The summed E-state index contributed by atoms with van der Waals surface area (Å²) in [5.74, 6) is -1.19. The minimum atomic E-state index is -4.63. The fourth-order valence-electron chi connectivity index (χ4n) is 1.79. The van der Waals surface area contributed by atoms with Crippen LogP contribution >= 0.6 is 0 Å². The predicted molar refractivity (Wildman–Crippen MR) is 78.7 cm³/mol. The van der Waals surface area contributed by atoms with E-state index in [9.17, 15) is 32.3 Å². The number of alkyl halides is 3. The summed E-state index contributed by atoms with van der Waals surface area (Å²) in [5, 5.41) is 1.54. The molecule has 0 unspecified atom stereocenters. The van der Waals surface area contributed by atoms with Crippen LogP contribution in [-0.4, -0.2) is 32.3 Å². The second-order valence-corrected chi connectivity index (χ2v) is 4.62. The van der Waals surface area contributed by atoms with Gasteiger partial charge in [0.1, 0.15) is 13.1 Å². The van der Waals surface area contributed by atoms with E-state index in [1.54, 1.807) is 5.32 Å². The first kappa shape index (κ1) is 19.2. The molecule has 0 aromatic carbocycles. The first-order valence-corrected chi connectivity index (χ1v) is 6.62. The van der Waals surface area contributed by atoms with E-state index in [2.05, 4.69) is 13.2 Å². The molecule has 0 saturated carbocycles. The van der Waals surface area contributed by atoms with Gasteiger partial charge in [0, 0.05) is 0 Å². The highest BCUT2D eigenvalue weighted by Crippen LogP contribution is 2.11. The van der Waals surface area contributed by atoms with Gasteiger partial charge < -0.3 is 5.32 Å². The van der Waals surface area contributed by atoms with Crippen molar-refractivity contribution < 1.29 is 18.0 Å². The molecule has 0 aliphatic rings. The van der Waals surface area contributed by atoms with E-state index in [0.29, 0.717) is 13.7 Å². The Kier molecular flexibility index (Phi) is 6.09. The van der Waals surface area contributed by atoms with Crippen LogP contribution in [0.25, 0.3) is 0 Å². The van der Waals surface area contributed by atoms with Gasteiger partial charge in [-0.25, -0.2) is 28.1 Å². The first-order valence-electron chi connectivity index (χ1n) is 6.62. The highest BCUT2D eigenvalue weighted by molar-refractivity contribution is 5.75. The zero-order valence-corrected chi connectivity index (χ0v) is 12.5. The third-order valence-corrected chi connectivity index (χ3v) is 2.80. The van der Waals surface area contributed by atoms with Crippen molar-refractivity contribution in [2.75, 3.05) is 6.54 Å². The topological polar surface area (TPSA) is 95.1 Å². The number of allylic oxidation sites excluding steroid dienone is 2. The van der Waals surface area contributed by atoms with E-state index in [1.165, 1.54) is 12.2 Å². The van der Waals surface area contributed by atoms with E-state index in [4.69, 9.17) is 0 Å². The first-order chi connectivity index (χ1) is 11.1. The van der Waals surface area contributed by atoms with Crippen LogP contribution in [0.2, 0.25) is 0 Å². The van der Waals surface area contributed by atoms with Gasteiger partial charge in [-0.2, -0.15) is 13.2 Å². The van der Waals surface area contributed by atoms with Gasteiger partial charge in [0.25, 0.3) is 0 Å². The van der Waals surface area contributed by atoms with Crippen molar-refractivity contribution >= 4 is 5.91 Å². The molecule has 24 heavy (non-hydrogen) atoms. The van der Waals surface area contributed by atoms with Gasteiger partial charge >= 0.3 is 23.2 Å². The average molecular weight is 348 g/mol. The summed E-state index contributed by atoms with van der Waals surface area (Å²) >= 11 is 0. The summed E-state index contributed by atoms with van der Waals surface area (Å²) in [6.07, 6.45) is -2.19. The maximum atomic E-state index is 12.1. The number of halogens is 3. The molecule has 11 heteroatoms. The molecule has 0 spiro atoms. The summed E-state index contributed by atoms with van der Waals surface area (Å²) in [4.78, 5) is 47.9. The van der Waals surface area contributed by atoms with Crippen LogP contribution in [-0.2, 0) is 24.4 Å². The minimum Gasteiger partial charge on any atom is -0.345 e. The molecular weight excluding hydrogens is 333 g/mol. The lowest BCUT2D eigenvalue weighted by molar-refractivity contribution is -0.138. The molecule has 1 amide bonds. The molecule has 8 nitrogen and oxygen atoms in total.